The molecule has 0 aliphatic rings. The van der Waals surface area contributed by atoms with Gasteiger partial charge in [-0.1, -0.05) is 5.21 Å². The number of aromatic nitrogens is 3. The Morgan fingerprint density at radius 1 is 1.77 bits per heavy atom. The van der Waals surface area contributed by atoms with Crippen molar-refractivity contribution in [3.05, 3.63) is 11.9 Å². The molecular weight excluding hydrogens is 172 g/mol. The molecule has 0 saturated heterocycles. The fraction of sp³-hybridized carbons (Fsp3) is 0.714. The van der Waals surface area contributed by atoms with Crippen LogP contribution in [0, 0.1) is 0 Å². The van der Waals surface area contributed by atoms with Crippen molar-refractivity contribution in [3.8, 4) is 0 Å². The molecule has 1 atom stereocenters. The number of aliphatic hydroxyl groups excluding tert-OH is 1. The first-order valence-corrected chi connectivity index (χ1v) is 4.03. The van der Waals surface area contributed by atoms with Gasteiger partial charge >= 0.3 is 0 Å². The van der Waals surface area contributed by atoms with E-state index in [0.717, 1.165) is 5.69 Å². The van der Waals surface area contributed by atoms with E-state index in [0.29, 0.717) is 13.2 Å². The molecule has 0 bridgehead atoms. The number of methoxy groups -OCH3 is 1. The minimum atomic E-state index is -0.244. The molecule has 0 aliphatic carbocycles. The van der Waals surface area contributed by atoms with Crippen molar-refractivity contribution in [2.24, 2.45) is 5.73 Å². The van der Waals surface area contributed by atoms with Crippen LogP contribution in [0.5, 0.6) is 0 Å². The molecular formula is C7H14N4O2. The number of aliphatic hydroxyl groups is 1. The molecule has 1 heterocycles. The van der Waals surface area contributed by atoms with Gasteiger partial charge in [0.1, 0.15) is 0 Å². The highest BCUT2D eigenvalue weighted by Gasteiger charge is 2.11. The van der Waals surface area contributed by atoms with E-state index in [4.69, 9.17) is 15.6 Å². The van der Waals surface area contributed by atoms with Crippen LogP contribution in [-0.4, -0.2) is 40.4 Å². The Bertz CT molecular complexity index is 250. The smallest absolute Gasteiger partial charge is 0.0778 e. The molecule has 0 saturated carbocycles. The van der Waals surface area contributed by atoms with Gasteiger partial charge in [-0.3, -0.25) is 0 Å². The summed E-state index contributed by atoms with van der Waals surface area (Å²) in [6.07, 6.45) is 1.58. The lowest BCUT2D eigenvalue weighted by molar-refractivity contribution is 0.176. The maximum atomic E-state index is 8.71. The van der Waals surface area contributed by atoms with Gasteiger partial charge in [-0.2, -0.15) is 0 Å². The molecule has 1 aromatic rings. The van der Waals surface area contributed by atoms with E-state index in [9.17, 15) is 0 Å². The van der Waals surface area contributed by atoms with Gasteiger partial charge in [0.05, 0.1) is 37.7 Å². The third-order valence-electron chi connectivity index (χ3n) is 1.69. The van der Waals surface area contributed by atoms with Crippen LogP contribution in [0.25, 0.3) is 0 Å². The quantitative estimate of drug-likeness (QED) is 0.610. The predicted octanol–water partition coefficient (Wildman–Crippen LogP) is -1.08. The summed E-state index contributed by atoms with van der Waals surface area (Å²) in [5.41, 5.74) is 6.55. The zero-order valence-corrected chi connectivity index (χ0v) is 7.55. The maximum Gasteiger partial charge on any atom is 0.0778 e. The Morgan fingerprint density at radius 3 is 3.15 bits per heavy atom. The normalized spacial score (nSPS) is 13.2. The summed E-state index contributed by atoms with van der Waals surface area (Å²) in [5.74, 6) is 0. The average Bonchev–Trinajstić information content (AvgIpc) is 2.54. The van der Waals surface area contributed by atoms with E-state index in [-0.39, 0.29) is 12.6 Å². The maximum absolute atomic E-state index is 8.71. The molecule has 0 aliphatic heterocycles. The van der Waals surface area contributed by atoms with E-state index < -0.39 is 0 Å². The molecule has 1 aromatic heterocycles. The van der Waals surface area contributed by atoms with Crippen LogP contribution < -0.4 is 5.73 Å². The molecule has 0 fully saturated rings. The van der Waals surface area contributed by atoms with Gasteiger partial charge in [0.2, 0.25) is 0 Å². The Labute approximate surface area is 76.3 Å². The lowest BCUT2D eigenvalue weighted by atomic mass is 10.2. The summed E-state index contributed by atoms with van der Waals surface area (Å²) < 4.78 is 6.48. The minimum Gasteiger partial charge on any atom is -0.394 e. The van der Waals surface area contributed by atoms with Crippen LogP contribution in [0.4, 0.5) is 0 Å². The van der Waals surface area contributed by atoms with Gasteiger partial charge in [0.25, 0.3) is 0 Å². The number of nitrogens with zero attached hydrogens (tertiary/aromatic N) is 3. The van der Waals surface area contributed by atoms with Crippen molar-refractivity contribution in [2.75, 3.05) is 20.3 Å². The third kappa shape index (κ3) is 2.48. The second-order valence-corrected chi connectivity index (χ2v) is 2.67. The van der Waals surface area contributed by atoms with Gasteiger partial charge in [0, 0.05) is 7.11 Å². The zero-order valence-electron chi connectivity index (χ0n) is 7.55. The average molecular weight is 186 g/mol. The molecule has 6 nitrogen and oxygen atoms in total. The third-order valence-corrected chi connectivity index (χ3v) is 1.69. The molecule has 0 aromatic carbocycles. The van der Waals surface area contributed by atoms with Gasteiger partial charge in [-0.05, 0) is 0 Å². The fourth-order valence-corrected chi connectivity index (χ4v) is 1.09. The molecule has 0 unspecified atom stereocenters. The van der Waals surface area contributed by atoms with Crippen molar-refractivity contribution < 1.29 is 9.84 Å². The molecule has 3 N–H and O–H groups in total. The predicted molar refractivity (Wildman–Crippen MR) is 45.9 cm³/mol. The van der Waals surface area contributed by atoms with E-state index in [1.165, 1.54) is 0 Å². The van der Waals surface area contributed by atoms with E-state index in [2.05, 4.69) is 10.3 Å². The molecule has 0 spiro atoms. The Hall–Kier alpha value is -0.980. The van der Waals surface area contributed by atoms with Crippen LogP contribution in [0.3, 0.4) is 0 Å². The lowest BCUT2D eigenvalue weighted by Crippen LogP contribution is -2.21. The first kappa shape index (κ1) is 10.1. The van der Waals surface area contributed by atoms with Crippen molar-refractivity contribution >= 4 is 0 Å². The number of ether oxygens (including phenoxy) is 1. The molecule has 74 valence electrons. The summed E-state index contributed by atoms with van der Waals surface area (Å²) in [6, 6.07) is -0.244. The molecule has 0 amide bonds. The van der Waals surface area contributed by atoms with E-state index >= 15 is 0 Å². The summed E-state index contributed by atoms with van der Waals surface area (Å²) >= 11 is 0. The highest BCUT2D eigenvalue weighted by atomic mass is 16.5. The molecule has 0 radical (unpaired) electrons. The van der Waals surface area contributed by atoms with Crippen molar-refractivity contribution in [2.45, 2.75) is 12.6 Å². The highest BCUT2D eigenvalue weighted by molar-refractivity contribution is 5.00. The summed E-state index contributed by atoms with van der Waals surface area (Å²) in [6.45, 7) is 0.849. The zero-order chi connectivity index (χ0) is 9.68. The first-order valence-electron chi connectivity index (χ1n) is 4.03. The van der Waals surface area contributed by atoms with Crippen LogP contribution >= 0.6 is 0 Å². The number of hydrogen-bond acceptors (Lipinski definition) is 5. The van der Waals surface area contributed by atoms with Crippen molar-refractivity contribution in [1.29, 1.82) is 0 Å². The summed E-state index contributed by atoms with van der Waals surface area (Å²) in [7, 11) is 1.58. The molecule has 1 rings (SSSR count). The Morgan fingerprint density at radius 2 is 2.54 bits per heavy atom. The fourth-order valence-electron chi connectivity index (χ4n) is 1.09. The monoisotopic (exact) mass is 186 g/mol. The Kier molecular flexibility index (Phi) is 3.81. The molecule has 6 heteroatoms. The number of hydrogen-bond donors (Lipinski definition) is 2. The van der Waals surface area contributed by atoms with Gasteiger partial charge in [-0.25, -0.2) is 4.68 Å². The van der Waals surface area contributed by atoms with Crippen molar-refractivity contribution in [3.63, 3.8) is 0 Å². The largest absolute Gasteiger partial charge is 0.394 e. The topological polar surface area (TPSA) is 86.2 Å². The van der Waals surface area contributed by atoms with Crippen LogP contribution in [0.15, 0.2) is 6.20 Å². The Balaban J connectivity index is 2.68. The second kappa shape index (κ2) is 4.90. The van der Waals surface area contributed by atoms with Gasteiger partial charge in [0.15, 0.2) is 0 Å². The van der Waals surface area contributed by atoms with Crippen molar-refractivity contribution in [1.82, 2.24) is 15.0 Å². The SMILES string of the molecule is COC[C@H](N)c1cnnn1CCO. The second-order valence-electron chi connectivity index (χ2n) is 2.67. The van der Waals surface area contributed by atoms with Crippen LogP contribution in [0.1, 0.15) is 11.7 Å². The minimum absolute atomic E-state index is 0.0239. The van der Waals surface area contributed by atoms with Crippen LogP contribution in [-0.2, 0) is 11.3 Å². The summed E-state index contributed by atoms with van der Waals surface area (Å²) in [4.78, 5) is 0. The lowest BCUT2D eigenvalue weighted by Gasteiger charge is -2.10. The standard InChI is InChI=1S/C7H14N4O2/c1-13-5-6(8)7-4-9-10-11(7)2-3-12/h4,6,12H,2-3,5,8H2,1H3/t6-/m0/s1. The van der Waals surface area contributed by atoms with Gasteiger partial charge < -0.3 is 15.6 Å². The van der Waals surface area contributed by atoms with E-state index in [1.54, 1.807) is 18.0 Å². The van der Waals surface area contributed by atoms with E-state index in [1.807, 2.05) is 0 Å². The van der Waals surface area contributed by atoms with Crippen LogP contribution in [0.2, 0.25) is 0 Å². The highest BCUT2D eigenvalue weighted by Crippen LogP contribution is 2.07. The number of rotatable bonds is 5. The number of nitrogens with two attached hydrogens (primary N) is 1. The summed E-state index contributed by atoms with van der Waals surface area (Å²) in [5, 5.41) is 16.2. The van der Waals surface area contributed by atoms with Gasteiger partial charge in [-0.15, -0.1) is 5.10 Å². The first-order chi connectivity index (χ1) is 6.29. The molecule has 13 heavy (non-hydrogen) atoms.